The average Bonchev–Trinajstić information content (AvgIpc) is 2.28. The van der Waals surface area contributed by atoms with E-state index in [1.54, 1.807) is 6.20 Å². The van der Waals surface area contributed by atoms with Crippen molar-refractivity contribution >= 4 is 11.7 Å². The Labute approximate surface area is 108 Å². The lowest BCUT2D eigenvalue weighted by molar-refractivity contribution is 0.0937. The van der Waals surface area contributed by atoms with Crippen LogP contribution in [0, 0.1) is 5.92 Å². The highest BCUT2D eigenvalue weighted by atomic mass is 16.1. The van der Waals surface area contributed by atoms with Crippen LogP contribution in [0.15, 0.2) is 12.4 Å². The third-order valence-electron chi connectivity index (χ3n) is 2.33. The van der Waals surface area contributed by atoms with Gasteiger partial charge in [0.15, 0.2) is 0 Å². The maximum absolute atomic E-state index is 11.6. The lowest BCUT2D eigenvalue weighted by Gasteiger charge is -2.09. The zero-order chi connectivity index (χ0) is 13.5. The van der Waals surface area contributed by atoms with Crippen molar-refractivity contribution in [3.8, 4) is 0 Å². The van der Waals surface area contributed by atoms with E-state index in [9.17, 15) is 4.79 Å². The van der Waals surface area contributed by atoms with Crippen LogP contribution in [-0.4, -0.2) is 28.5 Å². The molecule has 1 heterocycles. The monoisotopic (exact) mass is 250 g/mol. The summed E-state index contributed by atoms with van der Waals surface area (Å²) in [7, 11) is 0. The quantitative estimate of drug-likeness (QED) is 0.811. The molecule has 1 rings (SSSR count). The first-order chi connectivity index (χ1) is 8.49. The molecule has 18 heavy (non-hydrogen) atoms. The molecule has 0 aliphatic heterocycles. The van der Waals surface area contributed by atoms with Crippen LogP contribution in [0.1, 0.15) is 44.6 Å². The van der Waals surface area contributed by atoms with Crippen LogP contribution in [0.5, 0.6) is 0 Å². The number of carbonyl (C=O) groups is 1. The second-order valence-corrected chi connectivity index (χ2v) is 5.02. The first kappa shape index (κ1) is 14.4. The molecular weight excluding hydrogens is 228 g/mol. The Kier molecular flexibility index (Phi) is 5.55. The minimum Gasteiger partial charge on any atom is -0.369 e. The Morgan fingerprint density at radius 3 is 2.44 bits per heavy atom. The van der Waals surface area contributed by atoms with Crippen molar-refractivity contribution in [1.82, 2.24) is 15.3 Å². The summed E-state index contributed by atoms with van der Waals surface area (Å²) in [6.07, 6.45) is 4.17. The number of hydrogen-bond donors (Lipinski definition) is 2. The number of aromatic nitrogens is 2. The highest BCUT2D eigenvalue weighted by Crippen LogP contribution is 2.04. The third-order valence-corrected chi connectivity index (χ3v) is 2.33. The van der Waals surface area contributed by atoms with E-state index < -0.39 is 0 Å². The molecule has 0 aliphatic rings. The fourth-order valence-electron chi connectivity index (χ4n) is 1.36. The van der Waals surface area contributed by atoms with E-state index >= 15 is 0 Å². The second kappa shape index (κ2) is 6.93. The molecule has 0 saturated carbocycles. The molecule has 1 aromatic rings. The fraction of sp³-hybridized carbons (Fsp3) is 0.615. The van der Waals surface area contributed by atoms with Crippen molar-refractivity contribution in [2.24, 2.45) is 5.92 Å². The largest absolute Gasteiger partial charge is 0.369 e. The van der Waals surface area contributed by atoms with Crippen LogP contribution >= 0.6 is 0 Å². The predicted molar refractivity (Wildman–Crippen MR) is 72.6 cm³/mol. The Morgan fingerprint density at radius 1 is 1.22 bits per heavy atom. The van der Waals surface area contributed by atoms with Gasteiger partial charge in [-0.2, -0.15) is 0 Å². The molecule has 0 unspecified atom stereocenters. The molecule has 0 fully saturated rings. The van der Waals surface area contributed by atoms with Crippen LogP contribution in [0.25, 0.3) is 0 Å². The molecule has 2 N–H and O–H groups in total. The topological polar surface area (TPSA) is 66.9 Å². The van der Waals surface area contributed by atoms with E-state index in [1.807, 2.05) is 13.8 Å². The third kappa shape index (κ3) is 5.12. The predicted octanol–water partition coefficient (Wildman–Crippen LogP) is 2.07. The molecule has 0 spiro atoms. The molecule has 0 aromatic carbocycles. The molecule has 1 aromatic heterocycles. The summed E-state index contributed by atoms with van der Waals surface area (Å²) < 4.78 is 0. The lowest BCUT2D eigenvalue weighted by atomic mass is 10.1. The molecule has 0 saturated heterocycles. The summed E-state index contributed by atoms with van der Waals surface area (Å²) in [6, 6.07) is 0.100. The molecule has 0 atom stereocenters. The van der Waals surface area contributed by atoms with Gasteiger partial charge in [-0.15, -0.1) is 0 Å². The van der Waals surface area contributed by atoms with Crippen molar-refractivity contribution in [2.75, 3.05) is 11.9 Å². The zero-order valence-electron chi connectivity index (χ0n) is 11.5. The van der Waals surface area contributed by atoms with E-state index in [2.05, 4.69) is 34.4 Å². The average molecular weight is 250 g/mol. The Bertz CT molecular complexity index is 373. The van der Waals surface area contributed by atoms with E-state index in [-0.39, 0.29) is 11.9 Å². The van der Waals surface area contributed by atoms with Gasteiger partial charge in [-0.25, -0.2) is 9.97 Å². The van der Waals surface area contributed by atoms with Crippen molar-refractivity contribution in [3.63, 3.8) is 0 Å². The van der Waals surface area contributed by atoms with Crippen molar-refractivity contribution in [1.29, 1.82) is 0 Å². The number of nitrogens with one attached hydrogen (secondary N) is 2. The Morgan fingerprint density at radius 2 is 1.94 bits per heavy atom. The summed E-state index contributed by atoms with van der Waals surface area (Å²) in [5, 5.41) is 5.95. The molecule has 5 nitrogen and oxygen atoms in total. The highest BCUT2D eigenvalue weighted by molar-refractivity contribution is 5.92. The molecule has 0 aliphatic carbocycles. The molecular formula is C13H22N4O. The summed E-state index contributed by atoms with van der Waals surface area (Å²) in [6.45, 7) is 9.03. The minimum atomic E-state index is -0.189. The zero-order valence-corrected chi connectivity index (χ0v) is 11.5. The number of anilines is 1. The standard InChI is InChI=1S/C13H22N4O/c1-9(2)5-6-14-12-8-15-11(7-16-12)13(18)17-10(3)4/h7-10H,5-6H2,1-4H3,(H,14,16)(H,17,18). The Balaban J connectivity index is 2.49. The van der Waals surface area contributed by atoms with Gasteiger partial charge in [0.05, 0.1) is 12.4 Å². The summed E-state index contributed by atoms with van der Waals surface area (Å²) in [5.41, 5.74) is 0.345. The van der Waals surface area contributed by atoms with Crippen molar-refractivity contribution < 1.29 is 4.79 Å². The Hall–Kier alpha value is -1.65. The van der Waals surface area contributed by atoms with E-state index in [0.29, 0.717) is 17.4 Å². The number of rotatable bonds is 6. The molecule has 100 valence electrons. The fourth-order valence-corrected chi connectivity index (χ4v) is 1.36. The van der Waals surface area contributed by atoms with Gasteiger partial charge in [0.2, 0.25) is 0 Å². The minimum absolute atomic E-state index is 0.100. The number of nitrogens with zero attached hydrogens (tertiary/aromatic N) is 2. The summed E-state index contributed by atoms with van der Waals surface area (Å²) >= 11 is 0. The molecule has 0 radical (unpaired) electrons. The molecule has 0 bridgehead atoms. The van der Waals surface area contributed by atoms with Crippen molar-refractivity contribution in [3.05, 3.63) is 18.1 Å². The van der Waals surface area contributed by atoms with Gasteiger partial charge < -0.3 is 10.6 Å². The highest BCUT2D eigenvalue weighted by Gasteiger charge is 2.08. The maximum atomic E-state index is 11.6. The van der Waals surface area contributed by atoms with Gasteiger partial charge in [-0.05, 0) is 26.2 Å². The van der Waals surface area contributed by atoms with Crippen LogP contribution in [0.2, 0.25) is 0 Å². The van der Waals surface area contributed by atoms with E-state index in [0.717, 1.165) is 13.0 Å². The normalized spacial score (nSPS) is 10.8. The van der Waals surface area contributed by atoms with Gasteiger partial charge in [0.25, 0.3) is 5.91 Å². The van der Waals surface area contributed by atoms with Crippen LogP contribution in [-0.2, 0) is 0 Å². The number of carbonyl (C=O) groups excluding carboxylic acids is 1. The maximum Gasteiger partial charge on any atom is 0.271 e. The molecule has 5 heteroatoms. The van der Waals surface area contributed by atoms with Crippen LogP contribution < -0.4 is 10.6 Å². The smallest absolute Gasteiger partial charge is 0.271 e. The van der Waals surface area contributed by atoms with E-state index in [4.69, 9.17) is 0 Å². The van der Waals surface area contributed by atoms with Crippen LogP contribution in [0.4, 0.5) is 5.82 Å². The van der Waals surface area contributed by atoms with Gasteiger partial charge in [-0.1, -0.05) is 13.8 Å². The van der Waals surface area contributed by atoms with Crippen molar-refractivity contribution in [2.45, 2.75) is 40.2 Å². The van der Waals surface area contributed by atoms with Crippen LogP contribution in [0.3, 0.4) is 0 Å². The number of amides is 1. The SMILES string of the molecule is CC(C)CCNc1cnc(C(=O)NC(C)C)cn1. The lowest BCUT2D eigenvalue weighted by Crippen LogP contribution is -2.30. The van der Waals surface area contributed by atoms with Gasteiger partial charge >= 0.3 is 0 Å². The number of hydrogen-bond acceptors (Lipinski definition) is 4. The summed E-state index contributed by atoms with van der Waals surface area (Å²) in [4.78, 5) is 19.9. The second-order valence-electron chi connectivity index (χ2n) is 5.02. The van der Waals surface area contributed by atoms with E-state index in [1.165, 1.54) is 6.20 Å². The van der Waals surface area contributed by atoms with Gasteiger partial charge in [0.1, 0.15) is 11.5 Å². The van der Waals surface area contributed by atoms with Gasteiger partial charge in [-0.3, -0.25) is 4.79 Å². The molecule has 1 amide bonds. The summed E-state index contributed by atoms with van der Waals surface area (Å²) in [5.74, 6) is 1.17. The first-order valence-corrected chi connectivity index (χ1v) is 6.35. The first-order valence-electron chi connectivity index (χ1n) is 6.35. The van der Waals surface area contributed by atoms with Gasteiger partial charge in [0, 0.05) is 12.6 Å².